The molecule has 0 amide bonds. The van der Waals surface area contributed by atoms with Gasteiger partial charge in [0.2, 0.25) is 0 Å². The SMILES string of the molecule is CC(C)(COc1ccc(C(=O)OCc2ccccc2)cc1)Cn1cnnn1. The van der Waals surface area contributed by atoms with Crippen LogP contribution in [0.4, 0.5) is 0 Å². The number of carbonyl (C=O) groups is 1. The van der Waals surface area contributed by atoms with E-state index in [0.717, 1.165) is 5.56 Å². The molecular formula is C20H22N4O3. The Kier molecular flexibility index (Phi) is 5.80. The van der Waals surface area contributed by atoms with Gasteiger partial charge in [0.15, 0.2) is 0 Å². The van der Waals surface area contributed by atoms with Crippen molar-refractivity contribution in [3.05, 3.63) is 72.1 Å². The number of tetrazole rings is 1. The first-order chi connectivity index (χ1) is 13.0. The maximum atomic E-state index is 12.1. The van der Waals surface area contributed by atoms with Crippen molar-refractivity contribution in [1.29, 1.82) is 0 Å². The predicted octanol–water partition coefficient (Wildman–Crippen LogP) is 3.14. The van der Waals surface area contributed by atoms with Crippen LogP contribution in [-0.4, -0.2) is 32.8 Å². The lowest BCUT2D eigenvalue weighted by Gasteiger charge is -2.24. The van der Waals surface area contributed by atoms with E-state index in [1.165, 1.54) is 0 Å². The molecule has 1 aromatic heterocycles. The predicted molar refractivity (Wildman–Crippen MR) is 99.1 cm³/mol. The van der Waals surface area contributed by atoms with Crippen molar-refractivity contribution in [2.24, 2.45) is 5.41 Å². The topological polar surface area (TPSA) is 79.1 Å². The monoisotopic (exact) mass is 366 g/mol. The molecule has 0 saturated heterocycles. The molecule has 0 bridgehead atoms. The summed E-state index contributed by atoms with van der Waals surface area (Å²) in [6, 6.07) is 16.5. The highest BCUT2D eigenvalue weighted by molar-refractivity contribution is 5.89. The molecule has 0 aliphatic rings. The van der Waals surface area contributed by atoms with Crippen molar-refractivity contribution >= 4 is 5.97 Å². The average Bonchev–Trinajstić information content (AvgIpc) is 3.18. The first kappa shape index (κ1) is 18.6. The van der Waals surface area contributed by atoms with Gasteiger partial charge in [-0.1, -0.05) is 44.2 Å². The van der Waals surface area contributed by atoms with Crippen LogP contribution in [0.1, 0.15) is 29.8 Å². The Balaban J connectivity index is 1.50. The van der Waals surface area contributed by atoms with Crippen molar-refractivity contribution in [3.63, 3.8) is 0 Å². The normalized spacial score (nSPS) is 11.2. The fourth-order valence-corrected chi connectivity index (χ4v) is 2.51. The van der Waals surface area contributed by atoms with Crippen LogP contribution in [0.25, 0.3) is 0 Å². The minimum Gasteiger partial charge on any atom is -0.493 e. The number of carbonyl (C=O) groups excluding carboxylic acids is 1. The molecule has 0 aliphatic heterocycles. The zero-order chi connectivity index (χ0) is 19.1. The van der Waals surface area contributed by atoms with E-state index in [1.807, 2.05) is 30.3 Å². The van der Waals surface area contributed by atoms with Crippen molar-refractivity contribution in [1.82, 2.24) is 20.2 Å². The van der Waals surface area contributed by atoms with Gasteiger partial charge < -0.3 is 9.47 Å². The smallest absolute Gasteiger partial charge is 0.338 e. The maximum absolute atomic E-state index is 12.1. The lowest BCUT2D eigenvalue weighted by Crippen LogP contribution is -2.27. The van der Waals surface area contributed by atoms with Gasteiger partial charge in [0.25, 0.3) is 0 Å². The Morgan fingerprint density at radius 1 is 1.07 bits per heavy atom. The summed E-state index contributed by atoms with van der Waals surface area (Å²) < 4.78 is 12.9. The summed E-state index contributed by atoms with van der Waals surface area (Å²) >= 11 is 0. The van der Waals surface area contributed by atoms with Crippen LogP contribution in [0.2, 0.25) is 0 Å². The highest BCUT2D eigenvalue weighted by Crippen LogP contribution is 2.21. The lowest BCUT2D eigenvalue weighted by atomic mass is 9.95. The Morgan fingerprint density at radius 2 is 1.81 bits per heavy atom. The van der Waals surface area contributed by atoms with Gasteiger partial charge in [0.1, 0.15) is 18.7 Å². The van der Waals surface area contributed by atoms with Crippen LogP contribution in [0.3, 0.4) is 0 Å². The molecule has 0 spiro atoms. The Morgan fingerprint density at radius 3 is 2.48 bits per heavy atom. The van der Waals surface area contributed by atoms with E-state index in [4.69, 9.17) is 9.47 Å². The second-order valence-corrected chi connectivity index (χ2v) is 7.05. The number of hydrogen-bond donors (Lipinski definition) is 0. The maximum Gasteiger partial charge on any atom is 0.338 e. The zero-order valence-electron chi connectivity index (χ0n) is 15.4. The van der Waals surface area contributed by atoms with Crippen LogP contribution < -0.4 is 4.74 Å². The molecule has 7 heteroatoms. The zero-order valence-corrected chi connectivity index (χ0v) is 15.4. The molecule has 7 nitrogen and oxygen atoms in total. The molecule has 2 aromatic carbocycles. The lowest BCUT2D eigenvalue weighted by molar-refractivity contribution is 0.0472. The fourth-order valence-electron chi connectivity index (χ4n) is 2.51. The summed E-state index contributed by atoms with van der Waals surface area (Å²) in [7, 11) is 0. The average molecular weight is 366 g/mol. The minimum absolute atomic E-state index is 0.150. The molecule has 27 heavy (non-hydrogen) atoms. The largest absolute Gasteiger partial charge is 0.493 e. The van der Waals surface area contributed by atoms with Crippen LogP contribution >= 0.6 is 0 Å². The number of nitrogens with zero attached hydrogens (tertiary/aromatic N) is 4. The molecule has 3 rings (SSSR count). The van der Waals surface area contributed by atoms with Gasteiger partial charge in [-0.15, -0.1) is 5.10 Å². The van der Waals surface area contributed by atoms with Gasteiger partial charge in [0.05, 0.1) is 18.7 Å². The Labute approximate surface area is 157 Å². The van der Waals surface area contributed by atoms with Gasteiger partial charge in [-0.3, -0.25) is 0 Å². The van der Waals surface area contributed by atoms with Gasteiger partial charge >= 0.3 is 5.97 Å². The van der Waals surface area contributed by atoms with E-state index in [0.29, 0.717) is 24.5 Å². The summed E-state index contributed by atoms with van der Waals surface area (Å²) in [6.07, 6.45) is 1.58. The van der Waals surface area contributed by atoms with Crippen molar-refractivity contribution in [2.75, 3.05) is 6.61 Å². The van der Waals surface area contributed by atoms with E-state index >= 15 is 0 Å². The van der Waals surface area contributed by atoms with Crippen LogP contribution in [0.5, 0.6) is 5.75 Å². The Bertz CT molecular complexity index is 847. The van der Waals surface area contributed by atoms with Crippen LogP contribution in [0.15, 0.2) is 60.9 Å². The molecule has 0 radical (unpaired) electrons. The number of aromatic nitrogens is 4. The third-order valence-electron chi connectivity index (χ3n) is 3.91. The van der Waals surface area contributed by atoms with E-state index in [-0.39, 0.29) is 18.0 Å². The standard InChI is InChI=1S/C20H22N4O3/c1-20(2,13-24-15-21-22-23-24)14-27-18-10-8-17(9-11-18)19(25)26-12-16-6-4-3-5-7-16/h3-11,15H,12-14H2,1-2H3. The first-order valence-electron chi connectivity index (χ1n) is 8.67. The summed E-state index contributed by atoms with van der Waals surface area (Å²) in [4.78, 5) is 12.1. The quantitative estimate of drug-likeness (QED) is 0.570. The number of ether oxygens (including phenoxy) is 2. The van der Waals surface area contributed by atoms with Gasteiger partial charge in [-0.2, -0.15) is 0 Å². The summed E-state index contributed by atoms with van der Waals surface area (Å²) in [5, 5.41) is 11.1. The third kappa shape index (κ3) is 5.64. The molecule has 3 aromatic rings. The van der Waals surface area contributed by atoms with E-state index in [2.05, 4.69) is 29.4 Å². The van der Waals surface area contributed by atoms with Crippen LogP contribution in [0, 0.1) is 5.41 Å². The summed E-state index contributed by atoms with van der Waals surface area (Å²) in [6.45, 7) is 5.53. The molecule has 1 heterocycles. The molecule has 0 fully saturated rings. The molecule has 0 N–H and O–H groups in total. The number of benzene rings is 2. The minimum atomic E-state index is -0.357. The fraction of sp³-hybridized carbons (Fsp3) is 0.300. The summed E-state index contributed by atoms with van der Waals surface area (Å²) in [5.41, 5.74) is 1.30. The molecule has 0 atom stereocenters. The van der Waals surface area contributed by atoms with Crippen LogP contribution in [-0.2, 0) is 17.9 Å². The molecule has 0 unspecified atom stereocenters. The number of hydrogen-bond acceptors (Lipinski definition) is 6. The third-order valence-corrected chi connectivity index (χ3v) is 3.91. The van der Waals surface area contributed by atoms with E-state index < -0.39 is 0 Å². The number of esters is 1. The Hall–Kier alpha value is -3.22. The molecule has 0 saturated carbocycles. The molecule has 140 valence electrons. The second-order valence-electron chi connectivity index (χ2n) is 7.05. The second kappa shape index (κ2) is 8.44. The molecular weight excluding hydrogens is 344 g/mol. The van der Waals surface area contributed by atoms with Gasteiger partial charge in [0, 0.05) is 5.41 Å². The number of rotatable bonds is 8. The highest BCUT2D eigenvalue weighted by atomic mass is 16.5. The van der Waals surface area contributed by atoms with Gasteiger partial charge in [-0.05, 0) is 40.3 Å². The van der Waals surface area contributed by atoms with E-state index in [1.54, 1.807) is 35.3 Å². The van der Waals surface area contributed by atoms with E-state index in [9.17, 15) is 4.79 Å². The first-order valence-corrected chi connectivity index (χ1v) is 8.67. The summed E-state index contributed by atoms with van der Waals surface area (Å²) in [5.74, 6) is 0.337. The van der Waals surface area contributed by atoms with Crippen molar-refractivity contribution in [2.45, 2.75) is 27.0 Å². The van der Waals surface area contributed by atoms with Crippen molar-refractivity contribution < 1.29 is 14.3 Å². The van der Waals surface area contributed by atoms with Gasteiger partial charge in [-0.25, -0.2) is 9.48 Å². The highest BCUT2D eigenvalue weighted by Gasteiger charge is 2.20. The van der Waals surface area contributed by atoms with Crippen molar-refractivity contribution in [3.8, 4) is 5.75 Å². The molecule has 0 aliphatic carbocycles.